The highest BCUT2D eigenvalue weighted by molar-refractivity contribution is 5.82. The lowest BCUT2D eigenvalue weighted by Crippen LogP contribution is -2.70. The molecule has 1 spiro atoms. The van der Waals surface area contributed by atoms with Gasteiger partial charge in [0.25, 0.3) is 0 Å². The van der Waals surface area contributed by atoms with Crippen molar-refractivity contribution in [2.75, 3.05) is 26.2 Å². The summed E-state index contributed by atoms with van der Waals surface area (Å²) in [4.78, 5) is 30.9. The fraction of sp³-hybridized carbons (Fsp3) is 0.706. The number of likely N-dealkylation sites (tertiary alicyclic amines) is 2. The number of hydrogen-bond acceptors (Lipinski definition) is 3. The van der Waals surface area contributed by atoms with Crippen LogP contribution in [-0.4, -0.2) is 63.0 Å². The number of halogens is 3. The molecule has 3 saturated heterocycles. The van der Waals surface area contributed by atoms with Crippen LogP contribution in [0.15, 0.2) is 12.5 Å². The molecule has 1 N–H and O–H groups in total. The molecule has 0 radical (unpaired) electrons. The van der Waals surface area contributed by atoms with Crippen molar-refractivity contribution in [2.24, 2.45) is 5.92 Å². The van der Waals surface area contributed by atoms with E-state index in [9.17, 15) is 22.8 Å². The summed E-state index contributed by atoms with van der Waals surface area (Å²) in [6, 6.07) is -0.0118. The molecule has 10 heteroatoms. The van der Waals surface area contributed by atoms with Crippen molar-refractivity contribution in [3.63, 3.8) is 0 Å². The topological polar surface area (TPSA) is 70.5 Å². The van der Waals surface area contributed by atoms with E-state index in [2.05, 4.69) is 10.3 Å². The van der Waals surface area contributed by atoms with Crippen LogP contribution >= 0.6 is 0 Å². The van der Waals surface area contributed by atoms with Crippen LogP contribution in [0.4, 0.5) is 18.0 Å². The van der Waals surface area contributed by atoms with Crippen LogP contribution in [0, 0.1) is 5.92 Å². The van der Waals surface area contributed by atoms with E-state index in [0.717, 1.165) is 25.5 Å². The van der Waals surface area contributed by atoms with Gasteiger partial charge in [-0.05, 0) is 25.2 Å². The van der Waals surface area contributed by atoms with Gasteiger partial charge in [-0.3, -0.25) is 4.79 Å². The van der Waals surface area contributed by atoms with E-state index in [-0.39, 0.29) is 23.4 Å². The Morgan fingerprint density at radius 3 is 2.52 bits per heavy atom. The molecule has 4 heterocycles. The highest BCUT2D eigenvalue weighted by atomic mass is 19.4. The molecule has 3 aliphatic rings. The minimum Gasteiger partial charge on any atom is -0.347 e. The Hall–Kier alpha value is -2.26. The Labute approximate surface area is 154 Å². The van der Waals surface area contributed by atoms with E-state index >= 15 is 0 Å². The Kier molecular flexibility index (Phi) is 4.31. The van der Waals surface area contributed by atoms with Gasteiger partial charge in [-0.2, -0.15) is 13.2 Å². The maximum atomic E-state index is 12.6. The van der Waals surface area contributed by atoms with Crippen molar-refractivity contribution < 1.29 is 22.8 Å². The fourth-order valence-electron chi connectivity index (χ4n) is 4.24. The molecule has 0 saturated carbocycles. The monoisotopic (exact) mass is 385 g/mol. The molecule has 1 aromatic rings. The number of urea groups is 1. The molecular formula is C17H22F3N5O2. The van der Waals surface area contributed by atoms with E-state index in [1.165, 1.54) is 10.9 Å². The first-order valence-electron chi connectivity index (χ1n) is 9.18. The predicted molar refractivity (Wildman–Crippen MR) is 88.6 cm³/mol. The molecule has 0 bridgehead atoms. The molecule has 3 amide bonds. The normalized spacial score (nSPS) is 22.9. The maximum Gasteiger partial charge on any atom is 0.434 e. The van der Waals surface area contributed by atoms with Gasteiger partial charge in [-0.1, -0.05) is 0 Å². The van der Waals surface area contributed by atoms with Gasteiger partial charge in [-0.15, -0.1) is 0 Å². The van der Waals surface area contributed by atoms with Crippen LogP contribution in [0.1, 0.15) is 31.4 Å². The highest BCUT2D eigenvalue weighted by Crippen LogP contribution is 2.32. The molecule has 0 aromatic carbocycles. The van der Waals surface area contributed by atoms with E-state index in [1.807, 2.05) is 0 Å². The zero-order valence-corrected chi connectivity index (χ0v) is 14.8. The second-order valence-corrected chi connectivity index (χ2v) is 7.85. The van der Waals surface area contributed by atoms with E-state index in [4.69, 9.17) is 0 Å². The first-order valence-corrected chi connectivity index (χ1v) is 9.18. The third kappa shape index (κ3) is 3.61. The van der Waals surface area contributed by atoms with Crippen molar-refractivity contribution >= 4 is 11.9 Å². The smallest absolute Gasteiger partial charge is 0.347 e. The third-order valence-electron chi connectivity index (χ3n) is 5.77. The Bertz CT molecular complexity index is 733. The number of piperidine rings is 1. The standard InChI is InChI=1S/C17H22F3N5O2/c18-17(19,20)13-8-23(11-21-13)7-12-2-5-24(6-3-12)15(27)25-9-16(10-25)4-1-14(26)22-16/h8,11-12H,1-7,9-10H2,(H,22,26). The minimum absolute atomic E-state index is 0.0118. The van der Waals surface area contributed by atoms with Crippen molar-refractivity contribution in [2.45, 2.75) is 43.9 Å². The number of aromatic nitrogens is 2. The molecule has 0 aliphatic carbocycles. The SMILES string of the molecule is O=C1CCC2(CN(C(=O)N3CCC(Cn4cnc(C(F)(F)F)c4)CC3)C2)N1. The predicted octanol–water partition coefficient (Wildman–Crippen LogP) is 1.70. The summed E-state index contributed by atoms with van der Waals surface area (Å²) in [5.41, 5.74) is -1.09. The van der Waals surface area contributed by atoms with Gasteiger partial charge in [-0.25, -0.2) is 9.78 Å². The van der Waals surface area contributed by atoms with Gasteiger partial charge in [0.15, 0.2) is 5.69 Å². The summed E-state index contributed by atoms with van der Waals surface area (Å²) in [6.45, 7) is 2.80. The average molecular weight is 385 g/mol. The van der Waals surface area contributed by atoms with Gasteiger partial charge in [0.2, 0.25) is 5.91 Å². The fourth-order valence-corrected chi connectivity index (χ4v) is 4.24. The first kappa shape index (κ1) is 18.1. The Morgan fingerprint density at radius 2 is 1.96 bits per heavy atom. The Morgan fingerprint density at radius 1 is 1.26 bits per heavy atom. The summed E-state index contributed by atoms with van der Waals surface area (Å²) in [7, 11) is 0. The lowest BCUT2D eigenvalue weighted by Gasteiger charge is -2.49. The maximum absolute atomic E-state index is 12.6. The minimum atomic E-state index is -4.42. The lowest BCUT2D eigenvalue weighted by atomic mass is 9.88. The van der Waals surface area contributed by atoms with E-state index in [0.29, 0.717) is 39.1 Å². The number of nitrogens with one attached hydrogen (secondary N) is 1. The zero-order chi connectivity index (χ0) is 19.2. The largest absolute Gasteiger partial charge is 0.434 e. The number of imidazole rings is 1. The summed E-state index contributed by atoms with van der Waals surface area (Å²) in [6.07, 6.45) is 0.638. The number of nitrogens with zero attached hydrogens (tertiary/aromatic N) is 4. The van der Waals surface area contributed by atoms with Crippen LogP contribution in [0.3, 0.4) is 0 Å². The summed E-state index contributed by atoms with van der Waals surface area (Å²) < 4.78 is 39.3. The Balaban J connectivity index is 1.24. The molecule has 4 rings (SSSR count). The highest BCUT2D eigenvalue weighted by Gasteiger charge is 2.50. The van der Waals surface area contributed by atoms with Gasteiger partial charge in [0.1, 0.15) is 0 Å². The van der Waals surface area contributed by atoms with E-state index in [1.54, 1.807) is 9.80 Å². The lowest BCUT2D eigenvalue weighted by molar-refractivity contribution is -0.141. The summed E-state index contributed by atoms with van der Waals surface area (Å²) >= 11 is 0. The number of hydrogen-bond donors (Lipinski definition) is 1. The van der Waals surface area contributed by atoms with Gasteiger partial charge < -0.3 is 19.7 Å². The van der Waals surface area contributed by atoms with Gasteiger partial charge >= 0.3 is 12.2 Å². The van der Waals surface area contributed by atoms with Crippen molar-refractivity contribution in [1.29, 1.82) is 0 Å². The third-order valence-corrected chi connectivity index (χ3v) is 5.77. The van der Waals surface area contributed by atoms with Crippen LogP contribution in [-0.2, 0) is 17.5 Å². The van der Waals surface area contributed by atoms with Crippen LogP contribution in [0.25, 0.3) is 0 Å². The second kappa shape index (κ2) is 6.42. The van der Waals surface area contributed by atoms with Crippen molar-refractivity contribution in [1.82, 2.24) is 24.7 Å². The summed E-state index contributed by atoms with van der Waals surface area (Å²) in [5, 5.41) is 2.96. The summed E-state index contributed by atoms with van der Waals surface area (Å²) in [5.74, 6) is 0.275. The number of amides is 3. The average Bonchev–Trinajstić information content (AvgIpc) is 3.20. The molecule has 0 atom stereocenters. The molecular weight excluding hydrogens is 363 g/mol. The van der Waals surface area contributed by atoms with Crippen molar-refractivity contribution in [3.8, 4) is 0 Å². The van der Waals surface area contributed by atoms with Crippen LogP contribution in [0.5, 0.6) is 0 Å². The number of alkyl halides is 3. The molecule has 27 heavy (non-hydrogen) atoms. The van der Waals surface area contributed by atoms with Gasteiger partial charge in [0, 0.05) is 45.3 Å². The van der Waals surface area contributed by atoms with E-state index < -0.39 is 11.9 Å². The second-order valence-electron chi connectivity index (χ2n) is 7.85. The van der Waals surface area contributed by atoms with Crippen LogP contribution in [0.2, 0.25) is 0 Å². The molecule has 148 valence electrons. The van der Waals surface area contributed by atoms with Gasteiger partial charge in [0.05, 0.1) is 11.9 Å². The molecule has 0 unspecified atom stereocenters. The molecule has 1 aromatic heterocycles. The number of rotatable bonds is 2. The zero-order valence-electron chi connectivity index (χ0n) is 14.8. The first-order chi connectivity index (χ1) is 12.7. The number of carbonyl (C=O) groups is 2. The quantitative estimate of drug-likeness (QED) is 0.843. The van der Waals surface area contributed by atoms with Crippen molar-refractivity contribution in [3.05, 3.63) is 18.2 Å². The number of carbonyl (C=O) groups excluding carboxylic acids is 2. The molecule has 3 aliphatic heterocycles. The molecule has 3 fully saturated rings. The molecule has 7 nitrogen and oxygen atoms in total. The van der Waals surface area contributed by atoms with Crippen LogP contribution < -0.4 is 5.32 Å².